The summed E-state index contributed by atoms with van der Waals surface area (Å²) < 4.78 is 18.9. The van der Waals surface area contributed by atoms with E-state index in [0.717, 1.165) is 6.07 Å². The van der Waals surface area contributed by atoms with Crippen LogP contribution in [-0.2, 0) is 0 Å². The first-order valence-corrected chi connectivity index (χ1v) is 5.40. The first kappa shape index (κ1) is 12.8. The van der Waals surface area contributed by atoms with Gasteiger partial charge in [-0.25, -0.2) is 14.2 Å². The number of methoxy groups -OCH3 is 1. The molecule has 0 aliphatic rings. The predicted molar refractivity (Wildman–Crippen MR) is 67.4 cm³/mol. The average Bonchev–Trinajstić information content (AvgIpc) is 2.41. The molecule has 0 atom stereocenters. The van der Waals surface area contributed by atoms with E-state index in [1.54, 1.807) is 24.3 Å². The second-order valence-corrected chi connectivity index (χ2v) is 3.68. The molecule has 0 unspecified atom stereocenters. The van der Waals surface area contributed by atoms with E-state index in [1.807, 2.05) is 0 Å². The molecule has 0 spiro atoms. The Bertz CT molecular complexity index is 617. The largest absolute Gasteiger partial charge is 0.497 e. The van der Waals surface area contributed by atoms with Crippen LogP contribution in [0, 0.1) is 5.82 Å². The number of hydrogen-bond donors (Lipinski definition) is 2. The number of anilines is 2. The number of ether oxygens (including phenoxy) is 1. The number of carboxylic acid groups (broad SMARTS) is 1. The summed E-state index contributed by atoms with van der Waals surface area (Å²) in [6.07, 6.45) is 1.23. The summed E-state index contributed by atoms with van der Waals surface area (Å²) in [5.41, 5.74) is 0.119. The normalized spacial score (nSPS) is 10.0. The molecule has 2 aromatic rings. The van der Waals surface area contributed by atoms with Crippen molar-refractivity contribution in [3.05, 3.63) is 47.9 Å². The first-order valence-electron chi connectivity index (χ1n) is 5.40. The molecule has 2 rings (SSSR count). The van der Waals surface area contributed by atoms with E-state index < -0.39 is 17.3 Å². The number of aromatic carboxylic acids is 1. The van der Waals surface area contributed by atoms with Gasteiger partial charge in [-0.3, -0.25) is 0 Å². The molecule has 0 bridgehead atoms. The summed E-state index contributed by atoms with van der Waals surface area (Å²) in [5, 5.41) is 11.5. The van der Waals surface area contributed by atoms with Gasteiger partial charge in [0.1, 0.15) is 11.3 Å². The third kappa shape index (κ3) is 2.79. The minimum absolute atomic E-state index is 0.145. The van der Waals surface area contributed by atoms with E-state index in [4.69, 9.17) is 9.84 Å². The molecule has 0 amide bonds. The molecule has 0 saturated carbocycles. The number of nitrogens with zero attached hydrogens (tertiary/aromatic N) is 1. The number of halogens is 1. The second-order valence-electron chi connectivity index (χ2n) is 3.68. The van der Waals surface area contributed by atoms with Crippen molar-refractivity contribution in [2.24, 2.45) is 0 Å². The highest BCUT2D eigenvalue weighted by molar-refractivity contribution is 5.89. The number of pyridine rings is 1. The number of benzene rings is 1. The van der Waals surface area contributed by atoms with Gasteiger partial charge < -0.3 is 15.2 Å². The zero-order valence-corrected chi connectivity index (χ0v) is 10.1. The lowest BCUT2D eigenvalue weighted by Crippen LogP contribution is -2.05. The molecule has 1 heterocycles. The van der Waals surface area contributed by atoms with Gasteiger partial charge in [-0.15, -0.1) is 0 Å². The minimum Gasteiger partial charge on any atom is -0.497 e. The zero-order valence-electron chi connectivity index (χ0n) is 10.1. The van der Waals surface area contributed by atoms with Crippen molar-refractivity contribution in [1.82, 2.24) is 4.98 Å². The van der Waals surface area contributed by atoms with Gasteiger partial charge in [-0.05, 0) is 18.2 Å². The number of rotatable bonds is 4. The fourth-order valence-corrected chi connectivity index (χ4v) is 1.53. The third-order valence-electron chi connectivity index (χ3n) is 2.45. The summed E-state index contributed by atoms with van der Waals surface area (Å²) in [6, 6.07) is 7.91. The predicted octanol–water partition coefficient (Wildman–Crippen LogP) is 2.67. The van der Waals surface area contributed by atoms with Gasteiger partial charge >= 0.3 is 5.97 Å². The Kier molecular flexibility index (Phi) is 3.61. The van der Waals surface area contributed by atoms with Crippen molar-refractivity contribution < 1.29 is 19.0 Å². The molecule has 2 N–H and O–H groups in total. The highest BCUT2D eigenvalue weighted by atomic mass is 19.1. The Balaban J connectivity index is 2.33. The first-order chi connectivity index (χ1) is 9.11. The standard InChI is InChI=1S/C13H11FN2O3/c1-19-9-4-2-3-8(7-9)16-12-11(14)10(13(17)18)5-6-15-12/h2-7H,1H3,(H,15,16)(H,17,18). The van der Waals surface area contributed by atoms with Crippen molar-refractivity contribution in [2.45, 2.75) is 0 Å². The number of carbonyl (C=O) groups is 1. The van der Waals surface area contributed by atoms with Crippen LogP contribution in [0.3, 0.4) is 0 Å². The quantitative estimate of drug-likeness (QED) is 0.886. The van der Waals surface area contributed by atoms with Gasteiger partial charge in [0.15, 0.2) is 11.6 Å². The number of hydrogen-bond acceptors (Lipinski definition) is 4. The van der Waals surface area contributed by atoms with Crippen LogP contribution in [0.4, 0.5) is 15.9 Å². The molecule has 0 aliphatic heterocycles. The number of nitrogens with one attached hydrogen (secondary N) is 1. The van der Waals surface area contributed by atoms with Crippen LogP contribution in [0.2, 0.25) is 0 Å². The monoisotopic (exact) mass is 262 g/mol. The van der Waals surface area contributed by atoms with Gasteiger partial charge in [0.2, 0.25) is 0 Å². The van der Waals surface area contributed by atoms with Crippen LogP contribution in [0.5, 0.6) is 5.75 Å². The van der Waals surface area contributed by atoms with Crippen molar-refractivity contribution in [3.8, 4) is 5.75 Å². The molecule has 5 nitrogen and oxygen atoms in total. The van der Waals surface area contributed by atoms with E-state index in [2.05, 4.69) is 10.3 Å². The van der Waals surface area contributed by atoms with Crippen molar-refractivity contribution >= 4 is 17.5 Å². The van der Waals surface area contributed by atoms with Crippen LogP contribution in [0.25, 0.3) is 0 Å². The average molecular weight is 262 g/mol. The molecule has 1 aromatic heterocycles. The number of aromatic nitrogens is 1. The molecular formula is C13H11FN2O3. The lowest BCUT2D eigenvalue weighted by Gasteiger charge is -2.09. The van der Waals surface area contributed by atoms with E-state index >= 15 is 0 Å². The summed E-state index contributed by atoms with van der Waals surface area (Å²) in [7, 11) is 1.52. The smallest absolute Gasteiger partial charge is 0.338 e. The molecule has 0 fully saturated rings. The Labute approximate surface area is 108 Å². The summed E-state index contributed by atoms with van der Waals surface area (Å²) in [6.45, 7) is 0. The van der Waals surface area contributed by atoms with E-state index in [0.29, 0.717) is 11.4 Å². The number of carboxylic acids is 1. The molecule has 0 radical (unpaired) electrons. The van der Waals surface area contributed by atoms with Gasteiger partial charge in [0.25, 0.3) is 0 Å². The van der Waals surface area contributed by atoms with Crippen LogP contribution < -0.4 is 10.1 Å². The SMILES string of the molecule is COc1cccc(Nc2nccc(C(=O)O)c2F)c1. The van der Waals surface area contributed by atoms with Crippen LogP contribution in [0.15, 0.2) is 36.5 Å². The van der Waals surface area contributed by atoms with Crippen LogP contribution in [-0.4, -0.2) is 23.2 Å². The van der Waals surface area contributed by atoms with Gasteiger partial charge in [-0.1, -0.05) is 6.07 Å². The Morgan fingerprint density at radius 1 is 1.42 bits per heavy atom. The maximum atomic E-state index is 13.9. The van der Waals surface area contributed by atoms with E-state index in [-0.39, 0.29) is 5.82 Å². The maximum Gasteiger partial charge on any atom is 0.338 e. The van der Waals surface area contributed by atoms with E-state index in [1.165, 1.54) is 13.3 Å². The van der Waals surface area contributed by atoms with Crippen molar-refractivity contribution in [1.29, 1.82) is 0 Å². The van der Waals surface area contributed by atoms with Gasteiger partial charge in [0, 0.05) is 18.0 Å². The third-order valence-corrected chi connectivity index (χ3v) is 2.45. The molecule has 98 valence electrons. The fraction of sp³-hybridized carbons (Fsp3) is 0.0769. The van der Waals surface area contributed by atoms with Crippen molar-refractivity contribution in [3.63, 3.8) is 0 Å². The molecule has 1 aromatic carbocycles. The van der Waals surface area contributed by atoms with Gasteiger partial charge in [-0.2, -0.15) is 0 Å². The topological polar surface area (TPSA) is 71.5 Å². The van der Waals surface area contributed by atoms with Gasteiger partial charge in [0.05, 0.1) is 7.11 Å². The van der Waals surface area contributed by atoms with Crippen LogP contribution >= 0.6 is 0 Å². The lowest BCUT2D eigenvalue weighted by atomic mass is 10.2. The minimum atomic E-state index is -1.34. The molecule has 6 heteroatoms. The summed E-state index contributed by atoms with van der Waals surface area (Å²) in [4.78, 5) is 14.6. The highest BCUT2D eigenvalue weighted by Crippen LogP contribution is 2.23. The zero-order chi connectivity index (χ0) is 13.8. The molecular weight excluding hydrogens is 251 g/mol. The van der Waals surface area contributed by atoms with E-state index in [9.17, 15) is 9.18 Å². The Morgan fingerprint density at radius 2 is 2.21 bits per heavy atom. The summed E-state index contributed by atoms with van der Waals surface area (Å²) in [5.74, 6) is -1.79. The van der Waals surface area contributed by atoms with Crippen molar-refractivity contribution in [2.75, 3.05) is 12.4 Å². The lowest BCUT2D eigenvalue weighted by molar-refractivity contribution is 0.0692. The summed E-state index contributed by atoms with van der Waals surface area (Å²) >= 11 is 0. The molecule has 0 saturated heterocycles. The molecule has 0 aliphatic carbocycles. The second kappa shape index (κ2) is 5.34. The molecule has 19 heavy (non-hydrogen) atoms. The fourth-order valence-electron chi connectivity index (χ4n) is 1.53. The maximum absolute atomic E-state index is 13.9. The Hall–Kier alpha value is -2.63. The highest BCUT2D eigenvalue weighted by Gasteiger charge is 2.15. The van der Waals surface area contributed by atoms with Crippen LogP contribution in [0.1, 0.15) is 10.4 Å². The Morgan fingerprint density at radius 3 is 2.89 bits per heavy atom.